The molecule has 0 aromatic carbocycles. The molecule has 0 radical (unpaired) electrons. The van der Waals surface area contributed by atoms with Crippen LogP contribution in [0.5, 0.6) is 0 Å². The summed E-state index contributed by atoms with van der Waals surface area (Å²) < 4.78 is 21.1. The lowest BCUT2D eigenvalue weighted by Crippen LogP contribution is -2.18. The molecular weight excluding hydrogens is 204 g/mol. The third-order valence-corrected chi connectivity index (χ3v) is 2.33. The molecule has 1 aromatic heterocycles. The van der Waals surface area contributed by atoms with Crippen molar-refractivity contribution in [3.63, 3.8) is 0 Å². The average molecular weight is 216 g/mol. The van der Waals surface area contributed by atoms with Gasteiger partial charge >= 0.3 is 0 Å². The molecule has 1 heterocycles. The number of rotatable bonds is 5. The Morgan fingerprint density at radius 1 is 1.43 bits per heavy atom. The summed E-state index contributed by atoms with van der Waals surface area (Å²) in [5.74, 6) is 0.599. The quantitative estimate of drug-likeness (QED) is 0.651. The second kappa shape index (κ2) is 4.87. The largest absolute Gasteiger partial charge is 0.369 e. The van der Waals surface area contributed by atoms with Crippen LogP contribution in [0.4, 0.5) is 5.82 Å². The van der Waals surface area contributed by atoms with Crippen LogP contribution in [0, 0.1) is 0 Å². The molecule has 0 aliphatic carbocycles. The van der Waals surface area contributed by atoms with Crippen LogP contribution in [0.25, 0.3) is 0 Å². The minimum atomic E-state index is -3.35. The van der Waals surface area contributed by atoms with Gasteiger partial charge in [0.1, 0.15) is 5.82 Å². The van der Waals surface area contributed by atoms with Gasteiger partial charge in [-0.1, -0.05) is 0 Å². The molecule has 0 bridgehead atoms. The molecular formula is C7H12N4O2S. The second-order valence-corrected chi connectivity index (χ2v) is 4.47. The lowest BCUT2D eigenvalue weighted by atomic mass is 10.5. The van der Waals surface area contributed by atoms with Crippen LogP contribution in [0.15, 0.2) is 18.6 Å². The fourth-order valence-electron chi connectivity index (χ4n) is 0.880. The third-order valence-electron chi connectivity index (χ3n) is 1.47. The Balaban J connectivity index is 2.23. The van der Waals surface area contributed by atoms with Crippen molar-refractivity contribution in [2.75, 3.05) is 17.6 Å². The predicted molar refractivity (Wildman–Crippen MR) is 53.1 cm³/mol. The van der Waals surface area contributed by atoms with Crippen molar-refractivity contribution in [3.8, 4) is 0 Å². The van der Waals surface area contributed by atoms with E-state index >= 15 is 0 Å². The maximum Gasteiger partial charge on any atom is 0.209 e. The fourth-order valence-corrected chi connectivity index (χ4v) is 1.43. The van der Waals surface area contributed by atoms with Crippen LogP contribution in [0.2, 0.25) is 0 Å². The molecule has 0 aliphatic heterocycles. The molecule has 0 unspecified atom stereocenters. The first-order valence-corrected chi connectivity index (χ1v) is 5.80. The molecule has 0 amide bonds. The van der Waals surface area contributed by atoms with Gasteiger partial charge in [0.2, 0.25) is 10.0 Å². The molecule has 0 aliphatic rings. The van der Waals surface area contributed by atoms with E-state index in [9.17, 15) is 8.42 Å². The van der Waals surface area contributed by atoms with E-state index in [2.05, 4.69) is 15.3 Å². The van der Waals surface area contributed by atoms with E-state index in [1.165, 1.54) is 0 Å². The summed E-state index contributed by atoms with van der Waals surface area (Å²) in [7, 11) is -3.35. The zero-order valence-electron chi connectivity index (χ0n) is 7.55. The first kappa shape index (κ1) is 10.9. The fraction of sp³-hybridized carbons (Fsp3) is 0.429. The van der Waals surface area contributed by atoms with Gasteiger partial charge in [-0.05, 0) is 6.42 Å². The van der Waals surface area contributed by atoms with Gasteiger partial charge in [-0.3, -0.25) is 4.98 Å². The third kappa shape index (κ3) is 4.73. The Labute approximate surface area is 82.6 Å². The maximum absolute atomic E-state index is 10.6. The topological polar surface area (TPSA) is 98.0 Å². The van der Waals surface area contributed by atoms with Crippen LogP contribution >= 0.6 is 0 Å². The molecule has 14 heavy (non-hydrogen) atoms. The standard InChI is InChI=1S/C7H12N4O2S/c8-14(12,13)5-1-2-10-7-6-9-3-4-11-7/h3-4,6H,1-2,5H2,(H,10,11)(H2,8,12,13). The van der Waals surface area contributed by atoms with Crippen LogP contribution in [-0.4, -0.2) is 30.7 Å². The molecule has 78 valence electrons. The zero-order valence-corrected chi connectivity index (χ0v) is 8.37. The van der Waals surface area contributed by atoms with E-state index in [4.69, 9.17) is 5.14 Å². The van der Waals surface area contributed by atoms with E-state index < -0.39 is 10.0 Å². The van der Waals surface area contributed by atoms with Gasteiger partial charge < -0.3 is 5.32 Å². The minimum absolute atomic E-state index is 0.0275. The Hall–Kier alpha value is -1.21. The average Bonchev–Trinajstić information content (AvgIpc) is 2.13. The van der Waals surface area contributed by atoms with E-state index in [0.29, 0.717) is 18.8 Å². The van der Waals surface area contributed by atoms with Gasteiger partial charge in [0.25, 0.3) is 0 Å². The van der Waals surface area contributed by atoms with Crippen molar-refractivity contribution in [1.29, 1.82) is 0 Å². The summed E-state index contributed by atoms with van der Waals surface area (Å²) in [6.07, 6.45) is 5.14. The molecule has 6 nitrogen and oxygen atoms in total. The predicted octanol–water partition coefficient (Wildman–Crippen LogP) is -0.433. The van der Waals surface area contributed by atoms with Gasteiger partial charge in [0, 0.05) is 18.9 Å². The highest BCUT2D eigenvalue weighted by molar-refractivity contribution is 7.89. The van der Waals surface area contributed by atoms with Crippen molar-refractivity contribution in [2.24, 2.45) is 5.14 Å². The van der Waals surface area contributed by atoms with Crippen LogP contribution in [0.1, 0.15) is 6.42 Å². The number of hydrogen-bond donors (Lipinski definition) is 2. The van der Waals surface area contributed by atoms with Gasteiger partial charge in [-0.15, -0.1) is 0 Å². The lowest BCUT2D eigenvalue weighted by Gasteiger charge is -2.02. The minimum Gasteiger partial charge on any atom is -0.369 e. The smallest absolute Gasteiger partial charge is 0.209 e. The number of nitrogens with one attached hydrogen (secondary N) is 1. The van der Waals surface area contributed by atoms with Crippen molar-refractivity contribution >= 4 is 15.8 Å². The Morgan fingerprint density at radius 3 is 2.79 bits per heavy atom. The lowest BCUT2D eigenvalue weighted by molar-refractivity contribution is 0.595. The van der Waals surface area contributed by atoms with Crippen LogP contribution < -0.4 is 10.5 Å². The molecule has 7 heteroatoms. The van der Waals surface area contributed by atoms with Crippen molar-refractivity contribution in [3.05, 3.63) is 18.6 Å². The van der Waals surface area contributed by atoms with E-state index in [1.54, 1.807) is 18.6 Å². The summed E-state index contributed by atoms with van der Waals surface area (Å²) in [5.41, 5.74) is 0. The van der Waals surface area contributed by atoms with E-state index in [-0.39, 0.29) is 5.75 Å². The molecule has 3 N–H and O–H groups in total. The van der Waals surface area contributed by atoms with Crippen molar-refractivity contribution < 1.29 is 8.42 Å². The summed E-state index contributed by atoms with van der Waals surface area (Å²) in [4.78, 5) is 7.80. The highest BCUT2D eigenvalue weighted by Crippen LogP contribution is 1.97. The van der Waals surface area contributed by atoms with Crippen molar-refractivity contribution in [2.45, 2.75) is 6.42 Å². The van der Waals surface area contributed by atoms with Gasteiger partial charge in [0.15, 0.2) is 0 Å². The number of nitrogens with two attached hydrogens (primary N) is 1. The Kier molecular flexibility index (Phi) is 3.78. The molecule has 1 aromatic rings. The van der Waals surface area contributed by atoms with Crippen molar-refractivity contribution in [1.82, 2.24) is 9.97 Å². The summed E-state index contributed by atoms with van der Waals surface area (Å²) in [6, 6.07) is 0. The first-order valence-electron chi connectivity index (χ1n) is 4.08. The molecule has 0 saturated heterocycles. The van der Waals surface area contributed by atoms with E-state index in [1.807, 2.05) is 0 Å². The number of sulfonamides is 1. The van der Waals surface area contributed by atoms with Gasteiger partial charge in [-0.25, -0.2) is 18.5 Å². The van der Waals surface area contributed by atoms with Crippen LogP contribution in [-0.2, 0) is 10.0 Å². The van der Waals surface area contributed by atoms with E-state index in [0.717, 1.165) is 0 Å². The summed E-state index contributed by atoms with van der Waals surface area (Å²) in [6.45, 7) is 0.509. The maximum atomic E-state index is 10.6. The SMILES string of the molecule is NS(=O)(=O)CCCNc1cnccn1. The first-order chi connectivity index (χ1) is 6.58. The number of hydrogen-bond acceptors (Lipinski definition) is 5. The zero-order chi connectivity index (χ0) is 10.4. The molecule has 0 fully saturated rings. The second-order valence-electron chi connectivity index (χ2n) is 2.74. The Bertz CT molecular complexity index is 365. The van der Waals surface area contributed by atoms with Gasteiger partial charge in [0.05, 0.1) is 11.9 Å². The summed E-state index contributed by atoms with van der Waals surface area (Å²) >= 11 is 0. The van der Waals surface area contributed by atoms with Gasteiger partial charge in [-0.2, -0.15) is 0 Å². The van der Waals surface area contributed by atoms with Crippen LogP contribution in [0.3, 0.4) is 0 Å². The highest BCUT2D eigenvalue weighted by Gasteiger charge is 2.01. The Morgan fingerprint density at radius 2 is 2.21 bits per heavy atom. The number of primary sulfonamides is 1. The monoisotopic (exact) mass is 216 g/mol. The molecule has 0 atom stereocenters. The molecule has 0 spiro atoms. The summed E-state index contributed by atoms with van der Waals surface area (Å²) in [5, 5.41) is 7.76. The normalized spacial score (nSPS) is 11.2. The number of nitrogens with zero attached hydrogens (tertiary/aromatic N) is 2. The highest BCUT2D eigenvalue weighted by atomic mass is 32.2. The number of aromatic nitrogens is 2. The number of anilines is 1. The molecule has 0 saturated carbocycles. The molecule has 1 rings (SSSR count).